The summed E-state index contributed by atoms with van der Waals surface area (Å²) in [5, 5.41) is 4.73. The molecule has 3 aromatic heterocycles. The number of carbonyl (C=O) groups is 2. The number of aromatic nitrogens is 3. The maximum atomic E-state index is 13.0. The first-order chi connectivity index (χ1) is 17.0. The molecule has 0 aliphatic heterocycles. The van der Waals surface area contributed by atoms with Gasteiger partial charge >= 0.3 is 6.18 Å². The number of aliphatic imine (C=N–C) groups is 1. The summed E-state index contributed by atoms with van der Waals surface area (Å²) in [6.07, 6.45) is 1.40. The van der Waals surface area contributed by atoms with Gasteiger partial charge in [-0.25, -0.2) is 9.97 Å². The number of alkyl halides is 3. The van der Waals surface area contributed by atoms with E-state index in [2.05, 4.69) is 30.6 Å². The molecule has 0 aromatic carbocycles. The summed E-state index contributed by atoms with van der Waals surface area (Å²) in [5.74, 6) is -1.55. The fourth-order valence-corrected chi connectivity index (χ4v) is 3.91. The van der Waals surface area contributed by atoms with Gasteiger partial charge in [-0.1, -0.05) is 11.6 Å². The van der Waals surface area contributed by atoms with Crippen LogP contribution in [0, 0.1) is 0 Å². The van der Waals surface area contributed by atoms with Crippen LogP contribution in [0.1, 0.15) is 38.8 Å². The number of aromatic amines is 1. The predicted molar refractivity (Wildman–Crippen MR) is 130 cm³/mol. The molecule has 36 heavy (non-hydrogen) atoms. The van der Waals surface area contributed by atoms with Gasteiger partial charge in [-0.15, -0.1) is 11.3 Å². The molecule has 3 heterocycles. The Bertz CT molecular complexity index is 1400. The second-order valence-electron chi connectivity index (χ2n) is 7.15. The molecule has 14 heteroatoms. The Morgan fingerprint density at radius 3 is 2.67 bits per heavy atom. The van der Waals surface area contributed by atoms with Gasteiger partial charge in [0.15, 0.2) is 0 Å². The van der Waals surface area contributed by atoms with Crippen molar-refractivity contribution in [3.8, 4) is 0 Å². The van der Waals surface area contributed by atoms with Crippen molar-refractivity contribution in [2.45, 2.75) is 19.1 Å². The van der Waals surface area contributed by atoms with E-state index in [-0.39, 0.29) is 16.3 Å². The molecule has 0 aliphatic rings. The third-order valence-electron chi connectivity index (χ3n) is 4.61. The number of amides is 2. The minimum Gasteiger partial charge on any atom is -0.344 e. The summed E-state index contributed by atoms with van der Waals surface area (Å²) < 4.78 is 39.0. The lowest BCUT2D eigenvalue weighted by Gasteiger charge is -2.10. The number of allylic oxidation sites excluding steroid dienone is 1. The molecule has 3 rings (SSSR count). The summed E-state index contributed by atoms with van der Waals surface area (Å²) in [4.78, 5) is 51.1. The number of hydrogen-bond donors (Lipinski definition) is 3. The Kier molecular flexibility index (Phi) is 8.37. The quantitative estimate of drug-likeness (QED) is 0.309. The molecular weight excluding hydrogens is 521 g/mol. The van der Waals surface area contributed by atoms with Gasteiger partial charge in [-0.2, -0.15) is 13.2 Å². The highest BCUT2D eigenvalue weighted by atomic mass is 35.5. The number of nitrogens with one attached hydrogen (secondary N) is 3. The first-order valence-electron chi connectivity index (χ1n) is 10.1. The average molecular weight is 539 g/mol. The largest absolute Gasteiger partial charge is 0.418 e. The van der Waals surface area contributed by atoms with E-state index in [0.29, 0.717) is 22.3 Å². The van der Waals surface area contributed by atoms with Crippen molar-refractivity contribution in [2.75, 3.05) is 12.4 Å². The standard InChI is InChI=1S/C22H18ClF3N6O3S/c1-11(31-18(33)6-5-15(27-2)12-4-3-7-28-19(12)34)21-30-10-16(36-21)20(35)32-17-8-13(22(24,25)26)14(23)9-29-17/h3-11H,1-2H3,(H,28,34)(H,31,33)(H,29,32,35)/b6-5+,27-15?. The Labute approximate surface area is 211 Å². The summed E-state index contributed by atoms with van der Waals surface area (Å²) in [6.45, 7) is 1.64. The molecule has 1 atom stereocenters. The maximum Gasteiger partial charge on any atom is 0.418 e. The van der Waals surface area contributed by atoms with Gasteiger partial charge in [-0.05, 0) is 31.2 Å². The molecule has 3 N–H and O–H groups in total. The van der Waals surface area contributed by atoms with Crippen LogP contribution in [0.15, 0.2) is 58.7 Å². The van der Waals surface area contributed by atoms with Crippen LogP contribution in [-0.4, -0.2) is 39.5 Å². The molecule has 0 bridgehead atoms. The number of halogens is 4. The first-order valence-corrected chi connectivity index (χ1v) is 11.3. The average Bonchev–Trinajstić information content (AvgIpc) is 3.32. The molecule has 0 saturated heterocycles. The van der Waals surface area contributed by atoms with Crippen molar-refractivity contribution in [1.29, 1.82) is 0 Å². The van der Waals surface area contributed by atoms with Crippen LogP contribution in [0.4, 0.5) is 19.0 Å². The molecule has 0 spiro atoms. The number of H-pyrrole nitrogens is 1. The SMILES string of the molecule is CN=C(/C=C/C(=O)NC(C)c1ncc(C(=O)Nc2cc(C(F)(F)F)c(Cl)cn2)s1)c1ccc[nH]c1=O. The van der Waals surface area contributed by atoms with E-state index < -0.39 is 34.6 Å². The van der Waals surface area contributed by atoms with Crippen molar-refractivity contribution in [2.24, 2.45) is 4.99 Å². The maximum absolute atomic E-state index is 13.0. The van der Waals surface area contributed by atoms with Gasteiger partial charge < -0.3 is 15.6 Å². The first kappa shape index (κ1) is 26.8. The Hall–Kier alpha value is -3.84. The third kappa shape index (κ3) is 6.64. The lowest BCUT2D eigenvalue weighted by Crippen LogP contribution is -2.25. The zero-order valence-electron chi connectivity index (χ0n) is 18.7. The van der Waals surface area contributed by atoms with Gasteiger partial charge in [0.2, 0.25) is 5.91 Å². The number of pyridine rings is 2. The third-order valence-corrected chi connectivity index (χ3v) is 6.09. The van der Waals surface area contributed by atoms with Crippen molar-refractivity contribution < 1.29 is 22.8 Å². The number of thiazole rings is 1. The van der Waals surface area contributed by atoms with Crippen LogP contribution in [0.5, 0.6) is 0 Å². The Morgan fingerprint density at radius 2 is 2.00 bits per heavy atom. The molecule has 0 radical (unpaired) electrons. The van der Waals surface area contributed by atoms with Crippen LogP contribution in [0.25, 0.3) is 0 Å². The van der Waals surface area contributed by atoms with E-state index in [1.54, 1.807) is 19.1 Å². The van der Waals surface area contributed by atoms with Crippen LogP contribution in [0.3, 0.4) is 0 Å². The van der Waals surface area contributed by atoms with Gasteiger partial charge in [0, 0.05) is 25.5 Å². The highest BCUT2D eigenvalue weighted by molar-refractivity contribution is 7.13. The van der Waals surface area contributed by atoms with Crippen molar-refractivity contribution >= 4 is 46.3 Å². The molecule has 2 amide bonds. The number of anilines is 1. The Balaban J connectivity index is 1.64. The van der Waals surface area contributed by atoms with E-state index >= 15 is 0 Å². The van der Waals surface area contributed by atoms with Crippen LogP contribution >= 0.6 is 22.9 Å². The minimum atomic E-state index is -4.71. The van der Waals surface area contributed by atoms with Crippen LogP contribution < -0.4 is 16.2 Å². The lowest BCUT2D eigenvalue weighted by atomic mass is 10.1. The molecular formula is C22H18ClF3N6O3S. The zero-order valence-corrected chi connectivity index (χ0v) is 20.3. The second-order valence-corrected chi connectivity index (χ2v) is 8.62. The molecule has 0 saturated carbocycles. The molecule has 0 aliphatic carbocycles. The zero-order chi connectivity index (χ0) is 26.5. The van der Waals surface area contributed by atoms with Crippen LogP contribution in [-0.2, 0) is 11.0 Å². The molecule has 9 nitrogen and oxygen atoms in total. The van der Waals surface area contributed by atoms with Gasteiger partial charge in [0.05, 0.1) is 34.1 Å². The summed E-state index contributed by atoms with van der Waals surface area (Å²) in [7, 11) is 1.48. The predicted octanol–water partition coefficient (Wildman–Crippen LogP) is 4.00. The summed E-state index contributed by atoms with van der Waals surface area (Å²) >= 11 is 6.48. The number of hydrogen-bond acceptors (Lipinski definition) is 7. The highest BCUT2D eigenvalue weighted by Crippen LogP contribution is 2.35. The second kappa shape index (κ2) is 11.3. The highest BCUT2D eigenvalue weighted by Gasteiger charge is 2.34. The Morgan fingerprint density at radius 1 is 1.25 bits per heavy atom. The number of nitrogens with zero attached hydrogens (tertiary/aromatic N) is 3. The van der Waals surface area contributed by atoms with E-state index in [1.807, 2.05) is 0 Å². The molecule has 0 fully saturated rings. The normalized spacial score (nSPS) is 13.0. The summed E-state index contributed by atoms with van der Waals surface area (Å²) in [6, 6.07) is 3.24. The van der Waals surface area contributed by atoms with Crippen molar-refractivity contribution in [1.82, 2.24) is 20.3 Å². The van der Waals surface area contributed by atoms with E-state index in [0.717, 1.165) is 17.5 Å². The fourth-order valence-electron chi connectivity index (χ4n) is 2.88. The van der Waals surface area contributed by atoms with E-state index in [1.165, 1.54) is 31.6 Å². The minimum absolute atomic E-state index is 0.0932. The number of rotatable bonds is 7. The van der Waals surface area contributed by atoms with Crippen molar-refractivity contribution in [3.63, 3.8) is 0 Å². The molecule has 3 aromatic rings. The monoisotopic (exact) mass is 538 g/mol. The van der Waals surface area contributed by atoms with E-state index in [4.69, 9.17) is 11.6 Å². The lowest BCUT2D eigenvalue weighted by molar-refractivity contribution is -0.137. The smallest absolute Gasteiger partial charge is 0.344 e. The van der Waals surface area contributed by atoms with Gasteiger partial charge in [-0.3, -0.25) is 19.4 Å². The van der Waals surface area contributed by atoms with Crippen LogP contribution in [0.2, 0.25) is 5.02 Å². The van der Waals surface area contributed by atoms with Gasteiger partial charge in [0.25, 0.3) is 11.5 Å². The molecule has 188 valence electrons. The topological polar surface area (TPSA) is 129 Å². The summed E-state index contributed by atoms with van der Waals surface area (Å²) in [5.41, 5.74) is -0.881. The van der Waals surface area contributed by atoms with E-state index in [9.17, 15) is 27.6 Å². The van der Waals surface area contributed by atoms with Gasteiger partial charge in [0.1, 0.15) is 15.7 Å². The van der Waals surface area contributed by atoms with Crippen molar-refractivity contribution in [3.05, 3.63) is 85.3 Å². The number of carbonyl (C=O) groups excluding carboxylic acids is 2. The molecule has 1 unspecified atom stereocenters. The fraction of sp³-hybridized carbons (Fsp3) is 0.182.